The van der Waals surface area contributed by atoms with Gasteiger partial charge >= 0.3 is 5.69 Å². The second-order valence-electron chi connectivity index (χ2n) is 6.34. The minimum atomic E-state index is -0.581. The van der Waals surface area contributed by atoms with E-state index in [1.165, 1.54) is 4.57 Å². The number of Topliss-reactive ketones (excluding diaryl/α,β-unsaturated/α-hetero) is 1. The first-order valence-corrected chi connectivity index (χ1v) is 8.19. The van der Waals surface area contributed by atoms with E-state index in [0.29, 0.717) is 16.7 Å². The second kappa shape index (κ2) is 7.31. The van der Waals surface area contributed by atoms with E-state index in [9.17, 15) is 14.4 Å². The fraction of sp³-hybridized carbons (Fsp3) is 0.368. The van der Waals surface area contributed by atoms with E-state index in [-0.39, 0.29) is 30.4 Å². The lowest BCUT2D eigenvalue weighted by Gasteiger charge is -2.16. The molecule has 0 aliphatic heterocycles. The summed E-state index contributed by atoms with van der Waals surface area (Å²) in [5, 5.41) is 9.08. The fourth-order valence-electron chi connectivity index (χ4n) is 3.02. The third kappa shape index (κ3) is 3.77. The monoisotopic (exact) mass is 339 g/mol. The van der Waals surface area contributed by atoms with Crippen molar-refractivity contribution in [2.75, 3.05) is 0 Å². The van der Waals surface area contributed by atoms with Gasteiger partial charge in [0.1, 0.15) is 0 Å². The molecule has 0 fully saturated rings. The Bertz CT molecular complexity index is 975. The molecule has 130 valence electrons. The molecule has 0 atom stereocenters. The number of carbonyl (C=O) groups excluding carboxylic acids is 1. The summed E-state index contributed by atoms with van der Waals surface area (Å²) >= 11 is 0. The molecule has 6 heteroatoms. The van der Waals surface area contributed by atoms with Crippen LogP contribution < -0.4 is 11.2 Å². The molecule has 25 heavy (non-hydrogen) atoms. The molecule has 2 rings (SSSR count). The van der Waals surface area contributed by atoms with Gasteiger partial charge in [-0.05, 0) is 43.0 Å². The van der Waals surface area contributed by atoms with Crippen molar-refractivity contribution < 1.29 is 4.79 Å². The van der Waals surface area contributed by atoms with Crippen LogP contribution in [0.25, 0.3) is 0 Å². The molecule has 0 spiro atoms. The van der Waals surface area contributed by atoms with Gasteiger partial charge in [0.25, 0.3) is 5.56 Å². The number of aromatic nitrogens is 2. The van der Waals surface area contributed by atoms with Crippen molar-refractivity contribution in [3.8, 4) is 6.07 Å². The lowest BCUT2D eigenvalue weighted by molar-refractivity contribution is 0.0980. The number of aromatic amines is 1. The zero-order chi connectivity index (χ0) is 18.7. The Morgan fingerprint density at radius 2 is 1.96 bits per heavy atom. The Labute approximate surface area is 145 Å². The van der Waals surface area contributed by atoms with Crippen LogP contribution in [0.5, 0.6) is 0 Å². The zero-order valence-electron chi connectivity index (χ0n) is 14.8. The fourth-order valence-corrected chi connectivity index (χ4v) is 3.02. The highest BCUT2D eigenvalue weighted by atomic mass is 16.2. The molecule has 0 saturated heterocycles. The second-order valence-corrected chi connectivity index (χ2v) is 6.34. The SMILES string of the molecule is CCn1c(C(=O)Cc2cc(C)cc(C#N)c2)c(C(C)C)c(=O)[nH]c1=O. The van der Waals surface area contributed by atoms with Crippen molar-refractivity contribution in [1.29, 1.82) is 5.26 Å². The molecule has 1 aromatic carbocycles. The number of nitrogens with zero attached hydrogens (tertiary/aromatic N) is 2. The summed E-state index contributed by atoms with van der Waals surface area (Å²) in [6.45, 7) is 7.51. The number of nitrogens with one attached hydrogen (secondary N) is 1. The van der Waals surface area contributed by atoms with Crippen molar-refractivity contribution in [2.45, 2.75) is 46.6 Å². The van der Waals surface area contributed by atoms with E-state index in [4.69, 9.17) is 5.26 Å². The number of benzene rings is 1. The van der Waals surface area contributed by atoms with Gasteiger partial charge in [0, 0.05) is 18.5 Å². The Balaban J connectivity index is 2.60. The summed E-state index contributed by atoms with van der Waals surface area (Å²) in [5.41, 5.74) is 1.42. The first-order chi connectivity index (χ1) is 11.8. The Kier molecular flexibility index (Phi) is 5.38. The summed E-state index contributed by atoms with van der Waals surface area (Å²) in [6, 6.07) is 7.29. The highest BCUT2D eigenvalue weighted by Crippen LogP contribution is 2.18. The van der Waals surface area contributed by atoms with Gasteiger partial charge in [-0.25, -0.2) is 4.79 Å². The predicted octanol–water partition coefficient (Wildman–Crippen LogP) is 2.29. The summed E-state index contributed by atoms with van der Waals surface area (Å²) < 4.78 is 1.31. The Morgan fingerprint density at radius 3 is 2.52 bits per heavy atom. The number of aryl methyl sites for hydroxylation is 1. The van der Waals surface area contributed by atoms with E-state index in [2.05, 4.69) is 11.1 Å². The van der Waals surface area contributed by atoms with Crippen molar-refractivity contribution in [3.63, 3.8) is 0 Å². The summed E-state index contributed by atoms with van der Waals surface area (Å²) in [5.74, 6) is -0.503. The average molecular weight is 339 g/mol. The van der Waals surface area contributed by atoms with E-state index in [1.54, 1.807) is 19.1 Å². The van der Waals surface area contributed by atoms with Gasteiger partial charge < -0.3 is 0 Å². The van der Waals surface area contributed by atoms with Crippen LogP contribution in [-0.4, -0.2) is 15.3 Å². The minimum Gasteiger partial charge on any atom is -0.292 e. The van der Waals surface area contributed by atoms with Gasteiger partial charge in [0.05, 0.1) is 17.3 Å². The van der Waals surface area contributed by atoms with Gasteiger partial charge in [-0.3, -0.25) is 19.1 Å². The molecule has 0 saturated carbocycles. The van der Waals surface area contributed by atoms with Crippen LogP contribution in [0.15, 0.2) is 27.8 Å². The van der Waals surface area contributed by atoms with Crippen LogP contribution >= 0.6 is 0 Å². The van der Waals surface area contributed by atoms with Crippen LogP contribution in [0.2, 0.25) is 0 Å². The highest BCUT2D eigenvalue weighted by Gasteiger charge is 2.23. The van der Waals surface area contributed by atoms with Crippen molar-refractivity contribution in [3.05, 3.63) is 67.0 Å². The van der Waals surface area contributed by atoms with E-state index in [0.717, 1.165) is 5.56 Å². The standard InChI is InChI=1S/C19H21N3O3/c1-5-22-17(16(11(2)3)18(24)21-19(22)25)15(23)9-13-6-12(4)7-14(8-13)10-20/h6-8,11H,5,9H2,1-4H3,(H,21,24,25). The van der Waals surface area contributed by atoms with Crippen molar-refractivity contribution in [2.24, 2.45) is 0 Å². The molecule has 0 unspecified atom stereocenters. The summed E-state index contributed by atoms with van der Waals surface area (Å²) in [6.07, 6.45) is 0.0268. The molecule has 0 bridgehead atoms. The molecule has 0 radical (unpaired) electrons. The largest absolute Gasteiger partial charge is 0.328 e. The summed E-state index contributed by atoms with van der Waals surface area (Å²) in [4.78, 5) is 39.5. The van der Waals surface area contributed by atoms with Crippen LogP contribution in [0, 0.1) is 18.3 Å². The normalized spacial score (nSPS) is 10.7. The van der Waals surface area contributed by atoms with Gasteiger partial charge in [-0.2, -0.15) is 5.26 Å². The maximum Gasteiger partial charge on any atom is 0.328 e. The number of nitriles is 1. The first kappa shape index (κ1) is 18.4. The third-order valence-corrected chi connectivity index (χ3v) is 4.02. The molecule has 6 nitrogen and oxygen atoms in total. The van der Waals surface area contributed by atoms with Crippen molar-refractivity contribution >= 4 is 5.78 Å². The number of hydrogen-bond donors (Lipinski definition) is 1. The molecular formula is C19H21N3O3. The van der Waals surface area contributed by atoms with E-state index in [1.807, 2.05) is 26.8 Å². The first-order valence-electron chi connectivity index (χ1n) is 8.19. The highest BCUT2D eigenvalue weighted by molar-refractivity contribution is 5.97. The van der Waals surface area contributed by atoms with E-state index >= 15 is 0 Å². The molecule has 1 aromatic heterocycles. The van der Waals surface area contributed by atoms with Crippen LogP contribution in [0.3, 0.4) is 0 Å². The predicted molar refractivity (Wildman–Crippen MR) is 95.0 cm³/mol. The van der Waals surface area contributed by atoms with Crippen LogP contribution in [0.1, 0.15) is 59.4 Å². The maximum atomic E-state index is 12.9. The lowest BCUT2D eigenvalue weighted by atomic mass is 9.96. The Hall–Kier alpha value is -2.94. The molecule has 2 aromatic rings. The zero-order valence-corrected chi connectivity index (χ0v) is 14.8. The minimum absolute atomic E-state index is 0.0268. The van der Waals surface area contributed by atoms with Gasteiger partial charge in [0.15, 0.2) is 5.78 Å². The van der Waals surface area contributed by atoms with Gasteiger partial charge in [-0.15, -0.1) is 0 Å². The Morgan fingerprint density at radius 1 is 1.28 bits per heavy atom. The number of rotatable bonds is 5. The lowest BCUT2D eigenvalue weighted by Crippen LogP contribution is -2.37. The molecular weight excluding hydrogens is 318 g/mol. The smallest absolute Gasteiger partial charge is 0.292 e. The van der Waals surface area contributed by atoms with Gasteiger partial charge in [0.2, 0.25) is 0 Å². The summed E-state index contributed by atoms with van der Waals surface area (Å²) in [7, 11) is 0. The third-order valence-electron chi connectivity index (χ3n) is 4.02. The van der Waals surface area contributed by atoms with E-state index < -0.39 is 11.2 Å². The number of H-pyrrole nitrogens is 1. The molecule has 1 heterocycles. The maximum absolute atomic E-state index is 12.9. The number of hydrogen-bond acceptors (Lipinski definition) is 4. The quantitative estimate of drug-likeness (QED) is 0.845. The van der Waals surface area contributed by atoms with Crippen LogP contribution in [0.4, 0.5) is 0 Å². The molecule has 1 N–H and O–H groups in total. The number of carbonyl (C=O) groups is 1. The topological polar surface area (TPSA) is 95.7 Å². The molecule has 0 aliphatic carbocycles. The molecule has 0 amide bonds. The number of ketones is 1. The average Bonchev–Trinajstić information content (AvgIpc) is 2.52. The van der Waals surface area contributed by atoms with Gasteiger partial charge in [-0.1, -0.05) is 19.9 Å². The molecule has 0 aliphatic rings. The van der Waals surface area contributed by atoms with Crippen LogP contribution in [-0.2, 0) is 13.0 Å². The van der Waals surface area contributed by atoms with Crippen molar-refractivity contribution in [1.82, 2.24) is 9.55 Å².